The van der Waals surface area contributed by atoms with Crippen LogP contribution in [0.1, 0.15) is 395 Å². The fourth-order valence-electron chi connectivity index (χ4n) is 11.7. The van der Waals surface area contributed by atoms with Crippen molar-refractivity contribution in [1.29, 1.82) is 0 Å². The molecule has 0 saturated carbocycles. The highest BCUT2D eigenvalue weighted by atomic mass is 31.2. The highest BCUT2D eigenvalue weighted by molar-refractivity contribution is 7.47. The van der Waals surface area contributed by atoms with Crippen molar-refractivity contribution in [3.8, 4) is 0 Å². The second-order valence-corrected chi connectivity index (χ2v) is 31.3. The highest BCUT2D eigenvalue weighted by Gasteiger charge is 2.30. The standard InChI is InChI=1S/C76H148O17P2/c1-7-9-11-13-15-17-19-21-22-23-24-25-26-32-36-42-49-55-61-76(81)92-71(64-86-73(78)58-52-46-40-34-31-28-27-29-33-38-44-50-56-68(3)4)66-90-94(82,83)88-62-70(77)63-89-95(84,85)91-67-72(65-87-74(79)59-53-47-43-37-39-45-51-57-69(5)6)93-75(80)60-54-48-41-35-30-20-18-16-14-12-10-8-2/h68-72,77H,7-67H2,1-6H3,(H,82,83)(H,84,85)/t70-,71-,72-/m1/s1. The minimum atomic E-state index is -4.96. The van der Waals surface area contributed by atoms with Gasteiger partial charge in [-0.05, 0) is 37.5 Å². The maximum absolute atomic E-state index is 13.1. The minimum absolute atomic E-state index is 0.107. The number of carbonyl (C=O) groups excluding carboxylic acids is 4. The minimum Gasteiger partial charge on any atom is -0.462 e. The lowest BCUT2D eigenvalue weighted by Gasteiger charge is -2.21. The maximum Gasteiger partial charge on any atom is 0.472 e. The van der Waals surface area contributed by atoms with Gasteiger partial charge in [-0.2, -0.15) is 0 Å². The Morgan fingerprint density at radius 2 is 0.484 bits per heavy atom. The lowest BCUT2D eigenvalue weighted by Crippen LogP contribution is -2.30. The molecular formula is C76H148O17P2. The van der Waals surface area contributed by atoms with Crippen LogP contribution in [0.5, 0.6) is 0 Å². The molecule has 0 aliphatic rings. The van der Waals surface area contributed by atoms with Crippen LogP contribution in [0.15, 0.2) is 0 Å². The average molecular weight is 1400 g/mol. The van der Waals surface area contributed by atoms with Gasteiger partial charge in [-0.25, -0.2) is 9.13 Å². The first-order valence-electron chi connectivity index (χ1n) is 39.5. The molecule has 0 saturated heterocycles. The number of phosphoric acid groups is 2. The number of esters is 4. The monoisotopic (exact) mass is 1400 g/mol. The molecule has 5 atom stereocenters. The van der Waals surface area contributed by atoms with Crippen LogP contribution in [-0.4, -0.2) is 96.7 Å². The van der Waals surface area contributed by atoms with Gasteiger partial charge in [0, 0.05) is 25.7 Å². The first-order chi connectivity index (χ1) is 45.9. The second kappa shape index (κ2) is 67.9. The molecule has 0 fully saturated rings. The van der Waals surface area contributed by atoms with Crippen LogP contribution >= 0.6 is 15.6 Å². The first-order valence-corrected chi connectivity index (χ1v) is 42.5. The molecule has 0 aliphatic heterocycles. The Balaban J connectivity index is 5.24. The average Bonchev–Trinajstić information content (AvgIpc) is 1.31. The fourth-order valence-corrected chi connectivity index (χ4v) is 13.2. The second-order valence-electron chi connectivity index (χ2n) is 28.3. The van der Waals surface area contributed by atoms with Gasteiger partial charge in [0.1, 0.15) is 19.3 Å². The summed E-state index contributed by atoms with van der Waals surface area (Å²) in [6.07, 6.45) is 55.5. The molecule has 0 spiro atoms. The molecule has 0 aliphatic carbocycles. The summed E-state index contributed by atoms with van der Waals surface area (Å²) in [5.74, 6) is -0.628. The first kappa shape index (κ1) is 93.1. The summed E-state index contributed by atoms with van der Waals surface area (Å²) in [6, 6.07) is 0. The van der Waals surface area contributed by atoms with Crippen LogP contribution < -0.4 is 0 Å². The van der Waals surface area contributed by atoms with Crippen LogP contribution in [0.3, 0.4) is 0 Å². The lowest BCUT2D eigenvalue weighted by molar-refractivity contribution is -0.161. The van der Waals surface area contributed by atoms with E-state index >= 15 is 0 Å². The topological polar surface area (TPSA) is 237 Å². The van der Waals surface area contributed by atoms with E-state index in [1.165, 1.54) is 205 Å². The van der Waals surface area contributed by atoms with E-state index in [1.807, 2.05) is 0 Å². The summed E-state index contributed by atoms with van der Waals surface area (Å²) in [4.78, 5) is 72.8. The Hall–Kier alpha value is -1.94. The molecule has 0 bridgehead atoms. The Morgan fingerprint density at radius 3 is 0.716 bits per heavy atom. The molecule has 0 amide bonds. The number of carbonyl (C=O) groups is 4. The van der Waals surface area contributed by atoms with E-state index in [1.54, 1.807) is 0 Å². The summed E-state index contributed by atoms with van der Waals surface area (Å²) in [6.45, 7) is 9.56. The predicted molar refractivity (Wildman–Crippen MR) is 386 cm³/mol. The van der Waals surface area contributed by atoms with Crippen molar-refractivity contribution in [3.05, 3.63) is 0 Å². The lowest BCUT2D eigenvalue weighted by atomic mass is 10.0. The quantitative estimate of drug-likeness (QED) is 0.0222. The van der Waals surface area contributed by atoms with Crippen molar-refractivity contribution in [2.45, 2.75) is 413 Å². The third-order valence-corrected chi connectivity index (χ3v) is 19.6. The molecule has 0 aromatic rings. The van der Waals surface area contributed by atoms with E-state index in [-0.39, 0.29) is 25.7 Å². The molecule has 0 aromatic heterocycles. The van der Waals surface area contributed by atoms with Gasteiger partial charge in [-0.15, -0.1) is 0 Å². The maximum atomic E-state index is 13.1. The van der Waals surface area contributed by atoms with Crippen LogP contribution in [0, 0.1) is 11.8 Å². The summed E-state index contributed by atoms with van der Waals surface area (Å²) in [7, 11) is -9.91. The number of aliphatic hydroxyl groups is 1. The molecule has 0 rings (SSSR count). The largest absolute Gasteiger partial charge is 0.472 e. The summed E-state index contributed by atoms with van der Waals surface area (Å²) < 4.78 is 68.5. The zero-order chi connectivity index (χ0) is 70.0. The number of aliphatic hydroxyl groups excluding tert-OH is 1. The summed E-state index contributed by atoms with van der Waals surface area (Å²) in [5.41, 5.74) is 0. The Labute approximate surface area is 581 Å². The normalized spacial score (nSPS) is 14.0. The van der Waals surface area contributed by atoms with Gasteiger partial charge < -0.3 is 33.8 Å². The Morgan fingerprint density at radius 1 is 0.284 bits per heavy atom. The number of ether oxygens (including phenoxy) is 4. The highest BCUT2D eigenvalue weighted by Crippen LogP contribution is 2.45. The number of phosphoric ester groups is 2. The van der Waals surface area contributed by atoms with Crippen LogP contribution in [0.4, 0.5) is 0 Å². The Kier molecular flexibility index (Phi) is 66.5. The number of hydrogen-bond donors (Lipinski definition) is 3. The molecule has 564 valence electrons. The Bertz CT molecular complexity index is 1840. The van der Waals surface area contributed by atoms with E-state index in [0.29, 0.717) is 31.6 Å². The van der Waals surface area contributed by atoms with Gasteiger partial charge in [0.2, 0.25) is 0 Å². The van der Waals surface area contributed by atoms with Gasteiger partial charge in [-0.1, -0.05) is 343 Å². The third-order valence-electron chi connectivity index (χ3n) is 17.7. The fraction of sp³-hybridized carbons (Fsp3) is 0.947. The predicted octanol–water partition coefficient (Wildman–Crippen LogP) is 22.3. The molecular weight excluding hydrogens is 1250 g/mol. The van der Waals surface area contributed by atoms with Crippen molar-refractivity contribution >= 4 is 39.5 Å². The SMILES string of the molecule is CCCCCCCCCCCCCCCCCCCCC(=O)O[C@H](COC(=O)CCCCCCCCCCCCCCC(C)C)COP(=O)(O)OC[C@@H](O)COP(=O)(O)OC[C@@H](COC(=O)CCCCCCCCCC(C)C)OC(=O)CCCCCCCCCCCCCC. The van der Waals surface area contributed by atoms with E-state index < -0.39 is 97.5 Å². The number of hydrogen-bond acceptors (Lipinski definition) is 15. The van der Waals surface area contributed by atoms with Crippen molar-refractivity contribution in [3.63, 3.8) is 0 Å². The van der Waals surface area contributed by atoms with E-state index in [0.717, 1.165) is 102 Å². The molecule has 95 heavy (non-hydrogen) atoms. The zero-order valence-corrected chi connectivity index (χ0v) is 63.8. The summed E-state index contributed by atoms with van der Waals surface area (Å²) >= 11 is 0. The van der Waals surface area contributed by atoms with Crippen LogP contribution in [0.25, 0.3) is 0 Å². The van der Waals surface area contributed by atoms with E-state index in [2.05, 4.69) is 41.5 Å². The number of rotatable bonds is 75. The van der Waals surface area contributed by atoms with Crippen molar-refractivity contribution < 1.29 is 80.2 Å². The molecule has 0 heterocycles. The molecule has 0 aromatic carbocycles. The van der Waals surface area contributed by atoms with Crippen LogP contribution in [0.2, 0.25) is 0 Å². The molecule has 3 N–H and O–H groups in total. The van der Waals surface area contributed by atoms with Gasteiger partial charge >= 0.3 is 39.5 Å². The molecule has 19 heteroatoms. The van der Waals surface area contributed by atoms with Crippen LogP contribution in [-0.2, 0) is 65.4 Å². The van der Waals surface area contributed by atoms with Gasteiger partial charge in [-0.3, -0.25) is 37.3 Å². The van der Waals surface area contributed by atoms with Crippen molar-refractivity contribution in [2.24, 2.45) is 11.8 Å². The molecule has 0 radical (unpaired) electrons. The third kappa shape index (κ3) is 70.3. The zero-order valence-electron chi connectivity index (χ0n) is 62.0. The smallest absolute Gasteiger partial charge is 0.462 e. The van der Waals surface area contributed by atoms with Gasteiger partial charge in [0.15, 0.2) is 12.2 Å². The van der Waals surface area contributed by atoms with Gasteiger partial charge in [0.25, 0.3) is 0 Å². The van der Waals surface area contributed by atoms with E-state index in [9.17, 15) is 43.2 Å². The molecule has 17 nitrogen and oxygen atoms in total. The number of unbranched alkanes of at least 4 members (excludes halogenated alkanes) is 45. The summed E-state index contributed by atoms with van der Waals surface area (Å²) in [5, 5.41) is 10.6. The molecule has 2 unspecified atom stereocenters. The van der Waals surface area contributed by atoms with Crippen molar-refractivity contribution in [1.82, 2.24) is 0 Å². The van der Waals surface area contributed by atoms with Crippen molar-refractivity contribution in [2.75, 3.05) is 39.6 Å². The van der Waals surface area contributed by atoms with Gasteiger partial charge in [0.05, 0.1) is 26.4 Å². The van der Waals surface area contributed by atoms with E-state index in [4.69, 9.17) is 37.0 Å².